The van der Waals surface area contributed by atoms with E-state index in [4.69, 9.17) is 23.8 Å². The maximum absolute atomic E-state index is 13.0. The fourth-order valence-corrected chi connectivity index (χ4v) is 2.91. The number of aromatic nitrogens is 3. The summed E-state index contributed by atoms with van der Waals surface area (Å²) in [7, 11) is 0. The number of nitrogens with zero attached hydrogens (tertiary/aromatic N) is 3. The van der Waals surface area contributed by atoms with Crippen molar-refractivity contribution < 1.29 is 27.6 Å². The molecule has 2 aromatic rings. The number of anilines is 1. The third-order valence-electron chi connectivity index (χ3n) is 4.60. The van der Waals surface area contributed by atoms with Crippen LogP contribution in [0.3, 0.4) is 0 Å². The van der Waals surface area contributed by atoms with E-state index in [-0.39, 0.29) is 27.8 Å². The number of halogens is 4. The quantitative estimate of drug-likeness (QED) is 0.272. The van der Waals surface area contributed by atoms with Crippen molar-refractivity contribution in [3.05, 3.63) is 58.4 Å². The van der Waals surface area contributed by atoms with Gasteiger partial charge in [0.15, 0.2) is 0 Å². The summed E-state index contributed by atoms with van der Waals surface area (Å²) in [5, 5.41) is 9.57. The summed E-state index contributed by atoms with van der Waals surface area (Å²) >= 11 is 10.7. The molecule has 10 nitrogen and oxygen atoms in total. The Balaban J connectivity index is 1.97. The molecule has 198 valence electrons. The van der Waals surface area contributed by atoms with Crippen LogP contribution in [-0.4, -0.2) is 50.2 Å². The van der Waals surface area contributed by atoms with Crippen molar-refractivity contribution in [1.29, 1.82) is 0 Å². The van der Waals surface area contributed by atoms with Gasteiger partial charge in [0, 0.05) is 30.6 Å². The van der Waals surface area contributed by atoms with Crippen molar-refractivity contribution in [2.24, 2.45) is 0 Å². The molecule has 0 aromatic carbocycles. The molecule has 0 fully saturated rings. The molecule has 0 spiro atoms. The van der Waals surface area contributed by atoms with Gasteiger partial charge in [0.1, 0.15) is 28.5 Å². The van der Waals surface area contributed by atoms with Gasteiger partial charge >= 0.3 is 6.18 Å². The summed E-state index contributed by atoms with van der Waals surface area (Å²) < 4.78 is 39.0. The van der Waals surface area contributed by atoms with Crippen molar-refractivity contribution in [3.63, 3.8) is 0 Å². The first-order chi connectivity index (χ1) is 17.3. The number of hydrogen-bond acceptors (Lipinski definition) is 7. The lowest BCUT2D eigenvalue weighted by Gasteiger charge is -2.15. The van der Waals surface area contributed by atoms with Gasteiger partial charge in [0.2, 0.25) is 0 Å². The van der Waals surface area contributed by atoms with Crippen molar-refractivity contribution in [2.75, 3.05) is 11.9 Å². The van der Waals surface area contributed by atoms with Gasteiger partial charge in [-0.3, -0.25) is 14.4 Å². The van der Waals surface area contributed by atoms with Crippen LogP contribution in [-0.2, 0) is 11.0 Å². The number of nitrogens with one attached hydrogen (secondary N) is 4. The average molecular weight is 558 g/mol. The van der Waals surface area contributed by atoms with Crippen molar-refractivity contribution in [1.82, 2.24) is 30.9 Å². The van der Waals surface area contributed by atoms with Gasteiger partial charge in [0.25, 0.3) is 17.7 Å². The normalized spacial score (nSPS) is 12.4. The predicted molar refractivity (Wildman–Crippen MR) is 134 cm³/mol. The molecule has 0 saturated heterocycles. The number of carbonyl (C=O) groups excluding carboxylic acids is 3. The number of thiocarbonyl (C=S) groups is 1. The Labute approximate surface area is 220 Å². The minimum absolute atomic E-state index is 0.0315. The highest BCUT2D eigenvalue weighted by molar-refractivity contribution is 7.80. The zero-order chi connectivity index (χ0) is 27.8. The van der Waals surface area contributed by atoms with E-state index >= 15 is 0 Å². The average Bonchev–Trinajstić information content (AvgIpc) is 2.85. The molecule has 3 amide bonds. The highest BCUT2D eigenvalue weighted by atomic mass is 35.5. The molecular formula is C22H23ClF3N7O3S. The van der Waals surface area contributed by atoms with E-state index < -0.39 is 40.5 Å². The molecule has 2 heterocycles. The summed E-state index contributed by atoms with van der Waals surface area (Å²) in [6, 6.07) is 1.15. The van der Waals surface area contributed by atoms with E-state index in [9.17, 15) is 27.6 Å². The van der Waals surface area contributed by atoms with Crippen LogP contribution in [0.15, 0.2) is 36.4 Å². The van der Waals surface area contributed by atoms with E-state index in [1.54, 1.807) is 6.92 Å². The highest BCUT2D eigenvalue weighted by Gasteiger charge is 2.34. The van der Waals surface area contributed by atoms with Crippen LogP contribution in [0.2, 0.25) is 5.02 Å². The Hall–Kier alpha value is -3.65. The Kier molecular flexibility index (Phi) is 10.4. The second kappa shape index (κ2) is 13.1. The molecule has 2 rings (SSSR count). The lowest BCUT2D eigenvalue weighted by Crippen LogP contribution is -2.42. The SMILES string of the molecule is CCCNC(=O)c1cc(C(=O)NC(C)C(=S)N/C=C(\C)C(=O)Nc2cc(C(F)(F)F)c(Cl)cn2)ncn1. The van der Waals surface area contributed by atoms with Crippen LogP contribution < -0.4 is 21.3 Å². The molecule has 37 heavy (non-hydrogen) atoms. The molecule has 15 heteroatoms. The molecule has 0 bridgehead atoms. The number of amides is 3. The molecule has 4 N–H and O–H groups in total. The fraction of sp³-hybridized carbons (Fsp3) is 0.318. The largest absolute Gasteiger partial charge is 0.418 e. The summed E-state index contributed by atoms with van der Waals surface area (Å²) in [5.41, 5.74) is -1.10. The second-order valence-corrected chi connectivity index (χ2v) is 8.42. The number of carbonyl (C=O) groups is 3. The van der Waals surface area contributed by atoms with Gasteiger partial charge in [-0.05, 0) is 26.3 Å². The minimum Gasteiger partial charge on any atom is -0.354 e. The Morgan fingerprint density at radius 1 is 1.14 bits per heavy atom. The van der Waals surface area contributed by atoms with Crippen LogP contribution in [0.1, 0.15) is 53.7 Å². The first-order valence-electron chi connectivity index (χ1n) is 10.8. The lowest BCUT2D eigenvalue weighted by molar-refractivity contribution is -0.137. The van der Waals surface area contributed by atoms with Gasteiger partial charge < -0.3 is 21.3 Å². The van der Waals surface area contributed by atoms with E-state index in [1.807, 2.05) is 6.92 Å². The summed E-state index contributed by atoms with van der Waals surface area (Å²) in [6.07, 6.45) is -0.877. The topological polar surface area (TPSA) is 138 Å². The van der Waals surface area contributed by atoms with E-state index in [2.05, 4.69) is 36.2 Å². The van der Waals surface area contributed by atoms with Gasteiger partial charge in [-0.15, -0.1) is 0 Å². The number of hydrogen-bond donors (Lipinski definition) is 4. The smallest absolute Gasteiger partial charge is 0.354 e. The van der Waals surface area contributed by atoms with Crippen LogP contribution in [0.25, 0.3) is 0 Å². The maximum atomic E-state index is 13.0. The van der Waals surface area contributed by atoms with E-state index in [0.717, 1.165) is 18.9 Å². The third kappa shape index (κ3) is 8.75. The molecule has 2 aromatic heterocycles. The third-order valence-corrected chi connectivity index (χ3v) is 5.37. The van der Waals surface area contributed by atoms with Gasteiger partial charge in [0.05, 0.1) is 16.6 Å². The number of alkyl halides is 3. The first-order valence-corrected chi connectivity index (χ1v) is 11.5. The summed E-state index contributed by atoms with van der Waals surface area (Å²) in [5.74, 6) is -2.14. The first kappa shape index (κ1) is 29.6. The Bertz CT molecular complexity index is 1220. The fourth-order valence-electron chi connectivity index (χ4n) is 2.58. The van der Waals surface area contributed by atoms with Crippen molar-refractivity contribution in [2.45, 2.75) is 39.4 Å². The molecule has 0 aliphatic rings. The Morgan fingerprint density at radius 3 is 2.41 bits per heavy atom. The monoisotopic (exact) mass is 557 g/mol. The molecule has 1 atom stereocenters. The summed E-state index contributed by atoms with van der Waals surface area (Å²) in [4.78, 5) is 48.4. The molecular weight excluding hydrogens is 535 g/mol. The van der Waals surface area contributed by atoms with E-state index in [0.29, 0.717) is 12.6 Å². The molecule has 1 unspecified atom stereocenters. The zero-order valence-electron chi connectivity index (χ0n) is 19.9. The van der Waals surface area contributed by atoms with Gasteiger partial charge in [-0.1, -0.05) is 30.7 Å². The van der Waals surface area contributed by atoms with Crippen LogP contribution in [0.5, 0.6) is 0 Å². The molecule has 0 saturated carbocycles. The van der Waals surface area contributed by atoms with Crippen molar-refractivity contribution >= 4 is 52.3 Å². The predicted octanol–water partition coefficient (Wildman–Crippen LogP) is 3.26. The Morgan fingerprint density at radius 2 is 1.78 bits per heavy atom. The van der Waals surface area contributed by atoms with Crippen molar-refractivity contribution in [3.8, 4) is 0 Å². The molecule has 0 aliphatic carbocycles. The zero-order valence-corrected chi connectivity index (χ0v) is 21.4. The second-order valence-electron chi connectivity index (χ2n) is 7.58. The minimum atomic E-state index is -4.71. The van der Waals surface area contributed by atoms with Crippen LogP contribution in [0, 0.1) is 0 Å². The highest BCUT2D eigenvalue weighted by Crippen LogP contribution is 2.35. The van der Waals surface area contributed by atoms with Gasteiger partial charge in [-0.25, -0.2) is 15.0 Å². The van der Waals surface area contributed by atoms with Gasteiger partial charge in [-0.2, -0.15) is 13.2 Å². The maximum Gasteiger partial charge on any atom is 0.418 e. The molecule has 0 aliphatic heterocycles. The number of pyridine rings is 1. The van der Waals surface area contributed by atoms with Crippen LogP contribution >= 0.6 is 23.8 Å². The standard InChI is InChI=1S/C22H23ClF3N7O3S/c1-4-5-27-19(35)15-7-16(31-10-30-15)20(36)32-12(3)21(37)29-8-11(2)18(34)33-17-6-13(22(24,25)26)14(23)9-28-17/h6-10,12H,4-5H2,1-3H3,(H,27,35)(H,29,37)(H,32,36)(H,28,33,34)/b11-8+. The molecule has 0 radical (unpaired) electrons. The summed E-state index contributed by atoms with van der Waals surface area (Å²) in [6.45, 7) is 5.31. The number of rotatable bonds is 9. The lowest BCUT2D eigenvalue weighted by atomic mass is 10.2. The van der Waals surface area contributed by atoms with E-state index in [1.165, 1.54) is 19.2 Å². The van der Waals surface area contributed by atoms with Crippen LogP contribution in [0.4, 0.5) is 19.0 Å².